The van der Waals surface area contributed by atoms with Gasteiger partial charge >= 0.3 is 6.18 Å². The maximum Gasteiger partial charge on any atom is 0.416 e. The minimum absolute atomic E-state index is 0.172. The summed E-state index contributed by atoms with van der Waals surface area (Å²) in [5, 5.41) is 10.0. The minimum atomic E-state index is -4.71. The fraction of sp³-hybridized carbons (Fsp3) is 0.143. The molecule has 0 aliphatic carbocycles. The molecule has 1 N–H and O–H groups in total. The predicted molar refractivity (Wildman–Crippen MR) is 69.6 cm³/mol. The summed E-state index contributed by atoms with van der Waals surface area (Å²) >= 11 is 2.91. The molecule has 1 atom stereocenters. The van der Waals surface area contributed by atoms with Gasteiger partial charge in [0.25, 0.3) is 0 Å². The van der Waals surface area contributed by atoms with Crippen molar-refractivity contribution in [3.63, 3.8) is 0 Å². The lowest BCUT2D eigenvalue weighted by molar-refractivity contribution is -0.139. The molecular formula is C14H8BrF5O. The number of rotatable bonds is 2. The molecule has 21 heavy (non-hydrogen) atoms. The van der Waals surface area contributed by atoms with Crippen LogP contribution in [0.5, 0.6) is 0 Å². The van der Waals surface area contributed by atoms with Gasteiger partial charge < -0.3 is 5.11 Å². The van der Waals surface area contributed by atoms with Gasteiger partial charge in [-0.05, 0) is 23.8 Å². The van der Waals surface area contributed by atoms with Gasteiger partial charge in [0.05, 0.1) is 5.56 Å². The van der Waals surface area contributed by atoms with Gasteiger partial charge in [-0.1, -0.05) is 28.1 Å². The van der Waals surface area contributed by atoms with Crippen LogP contribution >= 0.6 is 15.9 Å². The van der Waals surface area contributed by atoms with E-state index >= 15 is 0 Å². The summed E-state index contributed by atoms with van der Waals surface area (Å²) in [6.45, 7) is 0. The quantitative estimate of drug-likeness (QED) is 0.755. The van der Waals surface area contributed by atoms with Gasteiger partial charge in [-0.3, -0.25) is 0 Å². The molecule has 0 spiro atoms. The summed E-state index contributed by atoms with van der Waals surface area (Å²) < 4.78 is 65.6. The van der Waals surface area contributed by atoms with Gasteiger partial charge in [0, 0.05) is 16.1 Å². The summed E-state index contributed by atoms with van der Waals surface area (Å²) in [5.74, 6) is -1.99. The first kappa shape index (κ1) is 15.9. The standard InChI is InChI=1S/C14H8BrF5O/c15-7-1-3-9(11(5-7)14(18,19)20)13(21)10-4-2-8(16)6-12(10)17/h1-6,13,21H. The van der Waals surface area contributed by atoms with E-state index in [1.165, 1.54) is 6.07 Å². The van der Waals surface area contributed by atoms with Crippen LogP contribution in [0.25, 0.3) is 0 Å². The molecule has 0 heterocycles. The predicted octanol–water partition coefficient (Wildman–Crippen LogP) is 4.83. The van der Waals surface area contributed by atoms with E-state index in [9.17, 15) is 27.1 Å². The Kier molecular flexibility index (Phi) is 4.34. The van der Waals surface area contributed by atoms with Crippen LogP contribution in [-0.4, -0.2) is 5.11 Å². The summed E-state index contributed by atoms with van der Waals surface area (Å²) in [6, 6.07) is 5.42. The van der Waals surface area contributed by atoms with Crippen molar-refractivity contribution in [2.45, 2.75) is 12.3 Å². The highest BCUT2D eigenvalue weighted by atomic mass is 79.9. The third kappa shape index (κ3) is 3.41. The Morgan fingerprint density at radius 1 is 0.952 bits per heavy atom. The normalized spacial score (nSPS) is 13.3. The SMILES string of the molecule is OC(c1ccc(F)cc1F)c1ccc(Br)cc1C(F)(F)F. The number of halogens is 6. The van der Waals surface area contributed by atoms with Crippen LogP contribution in [0.3, 0.4) is 0 Å². The molecule has 2 rings (SSSR count). The van der Waals surface area contributed by atoms with E-state index in [0.717, 1.165) is 24.3 Å². The molecular weight excluding hydrogens is 359 g/mol. The third-order valence-electron chi connectivity index (χ3n) is 2.87. The summed E-state index contributed by atoms with van der Waals surface area (Å²) in [6.07, 6.45) is -6.56. The molecule has 0 amide bonds. The maximum absolute atomic E-state index is 13.6. The van der Waals surface area contributed by atoms with E-state index in [0.29, 0.717) is 6.07 Å². The van der Waals surface area contributed by atoms with Crippen LogP contribution in [0.15, 0.2) is 40.9 Å². The lowest BCUT2D eigenvalue weighted by Gasteiger charge is -2.18. The monoisotopic (exact) mass is 366 g/mol. The minimum Gasteiger partial charge on any atom is -0.384 e. The highest BCUT2D eigenvalue weighted by Crippen LogP contribution is 2.38. The fourth-order valence-electron chi connectivity index (χ4n) is 1.90. The molecule has 0 aliphatic heterocycles. The van der Waals surface area contributed by atoms with Gasteiger partial charge in [0.15, 0.2) is 0 Å². The Labute approximate surface area is 125 Å². The van der Waals surface area contributed by atoms with Crippen molar-refractivity contribution in [2.24, 2.45) is 0 Å². The van der Waals surface area contributed by atoms with Crippen molar-refractivity contribution < 1.29 is 27.1 Å². The Balaban J connectivity index is 2.55. The first-order valence-corrected chi connectivity index (χ1v) is 6.49. The molecule has 112 valence electrons. The van der Waals surface area contributed by atoms with E-state index in [1.54, 1.807) is 0 Å². The molecule has 0 aliphatic rings. The first-order chi connectivity index (χ1) is 9.70. The average molecular weight is 367 g/mol. The second kappa shape index (κ2) is 5.73. The van der Waals surface area contributed by atoms with Crippen molar-refractivity contribution >= 4 is 15.9 Å². The maximum atomic E-state index is 13.6. The van der Waals surface area contributed by atoms with Crippen molar-refractivity contribution in [1.29, 1.82) is 0 Å². The summed E-state index contributed by atoms with van der Waals surface area (Å²) in [5.41, 5.74) is -2.02. The Bertz CT molecular complexity index is 669. The van der Waals surface area contributed by atoms with E-state index < -0.39 is 40.6 Å². The average Bonchev–Trinajstić information content (AvgIpc) is 2.37. The molecule has 7 heteroatoms. The van der Waals surface area contributed by atoms with Gasteiger partial charge in [-0.25, -0.2) is 8.78 Å². The first-order valence-electron chi connectivity index (χ1n) is 5.70. The number of benzene rings is 2. The van der Waals surface area contributed by atoms with Crippen LogP contribution in [0, 0.1) is 11.6 Å². The highest BCUT2D eigenvalue weighted by Gasteiger charge is 2.36. The Morgan fingerprint density at radius 2 is 1.57 bits per heavy atom. The zero-order valence-corrected chi connectivity index (χ0v) is 11.8. The van der Waals surface area contributed by atoms with Gasteiger partial charge in [0.1, 0.15) is 17.7 Å². The van der Waals surface area contributed by atoms with Crippen LogP contribution in [0.4, 0.5) is 22.0 Å². The number of hydrogen-bond acceptors (Lipinski definition) is 1. The second-order valence-electron chi connectivity index (χ2n) is 4.30. The van der Waals surface area contributed by atoms with Crippen molar-refractivity contribution in [3.8, 4) is 0 Å². The van der Waals surface area contributed by atoms with Crippen molar-refractivity contribution in [1.82, 2.24) is 0 Å². The van der Waals surface area contributed by atoms with Crippen LogP contribution in [-0.2, 0) is 6.18 Å². The molecule has 0 saturated carbocycles. The molecule has 0 saturated heterocycles. The molecule has 1 unspecified atom stereocenters. The van der Waals surface area contributed by atoms with Crippen LogP contribution in [0.2, 0.25) is 0 Å². The fourth-order valence-corrected chi connectivity index (χ4v) is 2.26. The molecule has 2 aromatic carbocycles. The van der Waals surface area contributed by atoms with E-state index in [1.807, 2.05) is 0 Å². The zero-order valence-electron chi connectivity index (χ0n) is 10.3. The molecule has 0 radical (unpaired) electrons. The number of aliphatic hydroxyl groups is 1. The van der Waals surface area contributed by atoms with E-state index in [4.69, 9.17) is 0 Å². The molecule has 0 aromatic heterocycles. The lowest BCUT2D eigenvalue weighted by atomic mass is 9.96. The molecule has 1 nitrogen and oxygen atoms in total. The third-order valence-corrected chi connectivity index (χ3v) is 3.37. The largest absolute Gasteiger partial charge is 0.416 e. The Morgan fingerprint density at radius 3 is 2.14 bits per heavy atom. The van der Waals surface area contributed by atoms with E-state index in [2.05, 4.69) is 15.9 Å². The topological polar surface area (TPSA) is 20.2 Å². The molecule has 2 aromatic rings. The van der Waals surface area contributed by atoms with E-state index in [-0.39, 0.29) is 4.47 Å². The van der Waals surface area contributed by atoms with Gasteiger partial charge in [-0.2, -0.15) is 13.2 Å². The lowest BCUT2D eigenvalue weighted by Crippen LogP contribution is -2.13. The van der Waals surface area contributed by atoms with Crippen molar-refractivity contribution in [2.75, 3.05) is 0 Å². The highest BCUT2D eigenvalue weighted by molar-refractivity contribution is 9.10. The smallest absolute Gasteiger partial charge is 0.384 e. The van der Waals surface area contributed by atoms with Gasteiger partial charge in [-0.15, -0.1) is 0 Å². The molecule has 0 bridgehead atoms. The number of alkyl halides is 3. The number of hydrogen-bond donors (Lipinski definition) is 1. The molecule has 0 fully saturated rings. The number of aliphatic hydroxyl groups excluding tert-OH is 1. The van der Waals surface area contributed by atoms with Crippen molar-refractivity contribution in [3.05, 3.63) is 69.2 Å². The van der Waals surface area contributed by atoms with Gasteiger partial charge in [0.2, 0.25) is 0 Å². The zero-order chi connectivity index (χ0) is 15.8. The van der Waals surface area contributed by atoms with Crippen LogP contribution < -0.4 is 0 Å². The summed E-state index contributed by atoms with van der Waals surface area (Å²) in [4.78, 5) is 0. The Hall–Kier alpha value is -1.47. The second-order valence-corrected chi connectivity index (χ2v) is 5.21. The summed E-state index contributed by atoms with van der Waals surface area (Å²) in [7, 11) is 0. The van der Waals surface area contributed by atoms with Crippen LogP contribution in [0.1, 0.15) is 22.8 Å².